The molecule has 0 saturated carbocycles. The van der Waals surface area contributed by atoms with Gasteiger partial charge in [-0.25, -0.2) is 4.39 Å². The molecular formula is C13H11ClFN3OS. The number of hydrogen-bond acceptors (Lipinski definition) is 4. The van der Waals surface area contributed by atoms with Gasteiger partial charge in [0, 0.05) is 11.1 Å². The van der Waals surface area contributed by atoms with Crippen LogP contribution in [-0.2, 0) is 4.79 Å². The molecule has 104 valence electrons. The Hall–Kier alpha value is -1.79. The first-order valence-corrected chi connectivity index (χ1v) is 7.00. The molecule has 0 aliphatic carbocycles. The number of rotatable bonds is 4. The molecule has 0 fully saturated rings. The van der Waals surface area contributed by atoms with E-state index < -0.39 is 5.82 Å². The van der Waals surface area contributed by atoms with Crippen molar-refractivity contribution in [2.75, 3.05) is 16.8 Å². The molecule has 4 nitrogen and oxygen atoms in total. The molecule has 2 aromatic rings. The highest BCUT2D eigenvalue weighted by atomic mass is 35.5. The second-order valence-electron chi connectivity index (χ2n) is 3.87. The van der Waals surface area contributed by atoms with E-state index in [2.05, 4.69) is 10.3 Å². The Morgan fingerprint density at radius 3 is 2.95 bits per heavy atom. The fourth-order valence-corrected chi connectivity index (χ4v) is 2.40. The molecule has 0 radical (unpaired) electrons. The molecule has 0 unspecified atom stereocenters. The number of carbonyl (C=O) groups excluding carboxylic acids is 1. The number of nitrogens with one attached hydrogen (secondary N) is 1. The molecule has 0 atom stereocenters. The summed E-state index contributed by atoms with van der Waals surface area (Å²) in [5.41, 5.74) is 6.62. The number of hydrogen-bond donors (Lipinski definition) is 2. The molecule has 2 rings (SSSR count). The van der Waals surface area contributed by atoms with Crippen LogP contribution in [0.25, 0.3) is 0 Å². The van der Waals surface area contributed by atoms with Gasteiger partial charge in [-0.05, 0) is 24.3 Å². The Morgan fingerprint density at radius 2 is 2.25 bits per heavy atom. The van der Waals surface area contributed by atoms with Crippen molar-refractivity contribution in [3.63, 3.8) is 0 Å². The second-order valence-corrected chi connectivity index (χ2v) is 5.30. The highest BCUT2D eigenvalue weighted by molar-refractivity contribution is 8.00. The number of amides is 1. The average molecular weight is 312 g/mol. The van der Waals surface area contributed by atoms with Gasteiger partial charge in [0.15, 0.2) is 0 Å². The molecular weight excluding hydrogens is 301 g/mol. The maximum atomic E-state index is 12.9. The Labute approximate surface area is 124 Å². The molecule has 1 aromatic carbocycles. The third-order valence-corrected chi connectivity index (χ3v) is 3.78. The minimum atomic E-state index is -0.452. The van der Waals surface area contributed by atoms with Gasteiger partial charge in [-0.1, -0.05) is 11.6 Å². The number of aromatic nitrogens is 1. The van der Waals surface area contributed by atoms with E-state index in [4.69, 9.17) is 17.3 Å². The van der Waals surface area contributed by atoms with Crippen molar-refractivity contribution < 1.29 is 9.18 Å². The van der Waals surface area contributed by atoms with E-state index >= 15 is 0 Å². The smallest absolute Gasteiger partial charge is 0.234 e. The molecule has 20 heavy (non-hydrogen) atoms. The van der Waals surface area contributed by atoms with Crippen LogP contribution in [0.4, 0.5) is 15.8 Å². The van der Waals surface area contributed by atoms with E-state index in [1.165, 1.54) is 30.1 Å². The fourth-order valence-electron chi connectivity index (χ4n) is 1.45. The van der Waals surface area contributed by atoms with Crippen molar-refractivity contribution in [2.24, 2.45) is 0 Å². The molecule has 0 bridgehead atoms. The lowest BCUT2D eigenvalue weighted by Crippen LogP contribution is -2.14. The summed E-state index contributed by atoms with van der Waals surface area (Å²) in [5.74, 6) is -0.534. The van der Waals surface area contributed by atoms with Crippen molar-refractivity contribution in [2.45, 2.75) is 4.90 Å². The zero-order valence-electron chi connectivity index (χ0n) is 10.3. The number of anilines is 2. The number of nitrogen functional groups attached to an aromatic ring is 1. The number of benzene rings is 1. The van der Waals surface area contributed by atoms with Crippen molar-refractivity contribution in [1.29, 1.82) is 0 Å². The molecule has 0 aliphatic rings. The summed E-state index contributed by atoms with van der Waals surface area (Å²) in [7, 11) is 0. The van der Waals surface area contributed by atoms with E-state index in [-0.39, 0.29) is 16.7 Å². The van der Waals surface area contributed by atoms with Crippen LogP contribution in [-0.4, -0.2) is 16.6 Å². The summed E-state index contributed by atoms with van der Waals surface area (Å²) in [6.45, 7) is 0. The zero-order valence-corrected chi connectivity index (χ0v) is 11.8. The van der Waals surface area contributed by atoms with E-state index in [1.807, 2.05) is 0 Å². The maximum Gasteiger partial charge on any atom is 0.234 e. The number of nitrogens with two attached hydrogens (primary N) is 1. The fraction of sp³-hybridized carbons (Fsp3) is 0.0769. The van der Waals surface area contributed by atoms with Crippen LogP contribution in [0.1, 0.15) is 0 Å². The predicted molar refractivity (Wildman–Crippen MR) is 79.4 cm³/mol. The molecule has 0 spiro atoms. The molecule has 1 aromatic heterocycles. The number of thioether (sulfide) groups is 1. The Bertz CT molecular complexity index is 639. The summed E-state index contributed by atoms with van der Waals surface area (Å²) >= 11 is 7.12. The molecule has 1 heterocycles. The van der Waals surface area contributed by atoms with Crippen molar-refractivity contribution in [3.8, 4) is 0 Å². The van der Waals surface area contributed by atoms with Crippen LogP contribution < -0.4 is 11.1 Å². The summed E-state index contributed by atoms with van der Waals surface area (Å²) in [6.07, 6.45) is 3.13. The standard InChI is InChI=1S/C13H11ClFN3OS/c14-9-5-8(15)1-2-11(9)18-13(19)7-20-12-3-4-17-6-10(12)16/h1-6H,7,16H2,(H,18,19). The van der Waals surface area contributed by atoms with Gasteiger partial charge in [-0.15, -0.1) is 11.8 Å². The van der Waals surface area contributed by atoms with Crippen LogP contribution in [0, 0.1) is 5.82 Å². The summed E-state index contributed by atoms with van der Waals surface area (Å²) < 4.78 is 12.9. The summed E-state index contributed by atoms with van der Waals surface area (Å²) in [4.78, 5) is 16.4. The third kappa shape index (κ3) is 3.85. The number of pyridine rings is 1. The van der Waals surface area contributed by atoms with Crippen molar-refractivity contribution in [1.82, 2.24) is 4.98 Å². The topological polar surface area (TPSA) is 68.0 Å². The normalized spacial score (nSPS) is 10.3. The Kier molecular flexibility index (Phi) is 4.81. The first kappa shape index (κ1) is 14.6. The second kappa shape index (κ2) is 6.58. The minimum Gasteiger partial charge on any atom is -0.397 e. The predicted octanol–water partition coefficient (Wildman–Crippen LogP) is 3.19. The monoisotopic (exact) mass is 311 g/mol. The van der Waals surface area contributed by atoms with Crippen LogP contribution in [0.2, 0.25) is 5.02 Å². The van der Waals surface area contributed by atoms with Crippen LogP contribution in [0.5, 0.6) is 0 Å². The number of halogens is 2. The first-order valence-electron chi connectivity index (χ1n) is 5.63. The largest absolute Gasteiger partial charge is 0.397 e. The molecule has 1 amide bonds. The highest BCUT2D eigenvalue weighted by Crippen LogP contribution is 2.25. The van der Waals surface area contributed by atoms with Gasteiger partial charge in [-0.3, -0.25) is 9.78 Å². The lowest BCUT2D eigenvalue weighted by Gasteiger charge is -2.08. The van der Waals surface area contributed by atoms with Gasteiger partial charge in [-0.2, -0.15) is 0 Å². The highest BCUT2D eigenvalue weighted by Gasteiger charge is 2.08. The lowest BCUT2D eigenvalue weighted by molar-refractivity contribution is -0.113. The molecule has 3 N–H and O–H groups in total. The van der Waals surface area contributed by atoms with Gasteiger partial charge < -0.3 is 11.1 Å². The van der Waals surface area contributed by atoms with Crippen LogP contribution >= 0.6 is 23.4 Å². The Morgan fingerprint density at radius 1 is 1.45 bits per heavy atom. The maximum absolute atomic E-state index is 12.9. The molecule has 0 saturated heterocycles. The van der Waals surface area contributed by atoms with Crippen LogP contribution in [0.15, 0.2) is 41.6 Å². The minimum absolute atomic E-state index is 0.159. The number of carbonyl (C=O) groups is 1. The van der Waals surface area contributed by atoms with Gasteiger partial charge in [0.25, 0.3) is 0 Å². The Balaban J connectivity index is 1.94. The van der Waals surface area contributed by atoms with E-state index in [0.717, 1.165) is 11.0 Å². The average Bonchev–Trinajstić information content (AvgIpc) is 2.41. The van der Waals surface area contributed by atoms with Crippen molar-refractivity contribution >= 4 is 40.6 Å². The quantitative estimate of drug-likeness (QED) is 0.851. The van der Waals surface area contributed by atoms with Gasteiger partial charge in [0.05, 0.1) is 28.3 Å². The lowest BCUT2D eigenvalue weighted by atomic mass is 10.3. The zero-order chi connectivity index (χ0) is 14.5. The summed E-state index contributed by atoms with van der Waals surface area (Å²) in [6, 6.07) is 5.53. The van der Waals surface area contributed by atoms with E-state index in [9.17, 15) is 9.18 Å². The number of nitrogens with zero attached hydrogens (tertiary/aromatic N) is 1. The van der Waals surface area contributed by atoms with Gasteiger partial charge >= 0.3 is 0 Å². The molecule has 0 aliphatic heterocycles. The van der Waals surface area contributed by atoms with Gasteiger partial charge in [0.2, 0.25) is 5.91 Å². The molecule has 7 heteroatoms. The third-order valence-electron chi connectivity index (χ3n) is 2.37. The van der Waals surface area contributed by atoms with E-state index in [1.54, 1.807) is 12.3 Å². The SMILES string of the molecule is Nc1cnccc1SCC(=O)Nc1ccc(F)cc1Cl. The first-order chi connectivity index (χ1) is 9.56. The summed E-state index contributed by atoms with van der Waals surface area (Å²) in [5, 5.41) is 2.77. The van der Waals surface area contributed by atoms with Gasteiger partial charge in [0.1, 0.15) is 5.82 Å². The van der Waals surface area contributed by atoms with Crippen molar-refractivity contribution in [3.05, 3.63) is 47.5 Å². The van der Waals surface area contributed by atoms with Crippen LogP contribution in [0.3, 0.4) is 0 Å². The van der Waals surface area contributed by atoms with E-state index in [0.29, 0.717) is 11.4 Å².